The van der Waals surface area contributed by atoms with Crippen LogP contribution in [0.4, 0.5) is 5.82 Å². The number of aliphatic hydroxyl groups is 1. The maximum atomic E-state index is 11.4. The van der Waals surface area contributed by atoms with E-state index in [1.165, 1.54) is 5.56 Å². The van der Waals surface area contributed by atoms with Gasteiger partial charge in [0.05, 0.1) is 19.3 Å². The van der Waals surface area contributed by atoms with Crippen molar-refractivity contribution in [3.05, 3.63) is 70.3 Å². The number of likely N-dealkylation sites (tertiary alicyclic amines) is 1. The van der Waals surface area contributed by atoms with Gasteiger partial charge in [-0.1, -0.05) is 24.3 Å². The minimum absolute atomic E-state index is 0.702. The van der Waals surface area contributed by atoms with E-state index in [9.17, 15) is 5.11 Å². The number of ether oxygens (including phenoxy) is 1. The number of thiazole rings is 1. The lowest BCUT2D eigenvalue weighted by Crippen LogP contribution is -2.46. The van der Waals surface area contributed by atoms with E-state index < -0.39 is 5.60 Å². The zero-order chi connectivity index (χ0) is 23.4. The van der Waals surface area contributed by atoms with Gasteiger partial charge in [-0.05, 0) is 31.0 Å². The lowest BCUT2D eigenvalue weighted by atomic mass is 9.88. The number of hydrogen-bond acceptors (Lipinski definition) is 8. The van der Waals surface area contributed by atoms with Crippen LogP contribution in [-0.4, -0.2) is 71.3 Å². The van der Waals surface area contributed by atoms with Gasteiger partial charge < -0.3 is 14.7 Å². The van der Waals surface area contributed by atoms with Crippen molar-refractivity contribution in [3.63, 3.8) is 0 Å². The quantitative estimate of drug-likeness (QED) is 0.558. The van der Waals surface area contributed by atoms with Gasteiger partial charge in [0.15, 0.2) is 0 Å². The lowest BCUT2D eigenvalue weighted by Gasteiger charge is -2.37. The molecule has 34 heavy (non-hydrogen) atoms. The van der Waals surface area contributed by atoms with Gasteiger partial charge in [0, 0.05) is 63.0 Å². The molecule has 2 aliphatic heterocycles. The number of methoxy groups -OCH3 is 1. The van der Waals surface area contributed by atoms with E-state index in [-0.39, 0.29) is 0 Å². The molecule has 0 amide bonds. The van der Waals surface area contributed by atoms with Crippen molar-refractivity contribution < 1.29 is 9.84 Å². The van der Waals surface area contributed by atoms with Crippen LogP contribution in [0, 0.1) is 0 Å². The molecule has 0 radical (unpaired) electrons. The molecule has 2 saturated heterocycles. The van der Waals surface area contributed by atoms with Gasteiger partial charge in [0.25, 0.3) is 0 Å². The molecular formula is C26H33N5O2S. The first-order valence-corrected chi connectivity index (χ1v) is 12.9. The van der Waals surface area contributed by atoms with Gasteiger partial charge >= 0.3 is 0 Å². The number of rotatable bonds is 7. The van der Waals surface area contributed by atoms with Crippen LogP contribution >= 0.6 is 11.3 Å². The Morgan fingerprint density at radius 1 is 0.941 bits per heavy atom. The van der Waals surface area contributed by atoms with E-state index in [0.29, 0.717) is 12.8 Å². The molecule has 2 fully saturated rings. The second kappa shape index (κ2) is 10.4. The van der Waals surface area contributed by atoms with E-state index in [1.807, 2.05) is 36.5 Å². The average Bonchev–Trinajstić information content (AvgIpc) is 3.36. The van der Waals surface area contributed by atoms with Gasteiger partial charge in [-0.15, -0.1) is 11.3 Å². The van der Waals surface area contributed by atoms with Crippen LogP contribution < -0.4 is 9.64 Å². The van der Waals surface area contributed by atoms with E-state index >= 15 is 0 Å². The summed E-state index contributed by atoms with van der Waals surface area (Å²) in [5.41, 5.74) is 1.20. The second-order valence-corrected chi connectivity index (χ2v) is 10.1. The summed E-state index contributed by atoms with van der Waals surface area (Å²) in [6.45, 7) is 7.31. The van der Waals surface area contributed by atoms with Gasteiger partial charge in [-0.25, -0.2) is 9.97 Å². The van der Waals surface area contributed by atoms with Gasteiger partial charge in [-0.3, -0.25) is 9.80 Å². The maximum Gasteiger partial charge on any atom is 0.128 e. The number of para-hydroxylation sites is 1. The highest BCUT2D eigenvalue weighted by Gasteiger charge is 2.36. The zero-order valence-electron chi connectivity index (χ0n) is 19.8. The molecule has 0 aliphatic carbocycles. The van der Waals surface area contributed by atoms with Crippen LogP contribution in [0.2, 0.25) is 0 Å². The Morgan fingerprint density at radius 2 is 1.68 bits per heavy atom. The number of benzene rings is 1. The number of aromatic nitrogens is 2. The van der Waals surface area contributed by atoms with Crippen LogP contribution in [0.25, 0.3) is 0 Å². The molecule has 0 unspecified atom stereocenters. The zero-order valence-corrected chi connectivity index (χ0v) is 20.6. The van der Waals surface area contributed by atoms with Crippen LogP contribution in [0.1, 0.15) is 29.1 Å². The molecule has 0 bridgehead atoms. The Hall–Kier alpha value is -2.52. The molecule has 2 aliphatic rings. The summed E-state index contributed by atoms with van der Waals surface area (Å²) in [6.07, 6.45) is 3.26. The fourth-order valence-electron chi connectivity index (χ4n) is 4.88. The van der Waals surface area contributed by atoms with E-state index in [2.05, 4.69) is 37.2 Å². The molecule has 1 aromatic carbocycles. The van der Waals surface area contributed by atoms with Crippen molar-refractivity contribution >= 4 is 17.2 Å². The summed E-state index contributed by atoms with van der Waals surface area (Å²) in [5.74, 6) is 1.98. The molecular weight excluding hydrogens is 446 g/mol. The van der Waals surface area contributed by atoms with Gasteiger partial charge in [0.1, 0.15) is 22.2 Å². The third-order valence-corrected chi connectivity index (χ3v) is 7.84. The number of hydrogen-bond donors (Lipinski definition) is 1. The third kappa shape index (κ3) is 5.25. The Bertz CT molecular complexity index is 1060. The van der Waals surface area contributed by atoms with Crippen LogP contribution in [0.5, 0.6) is 5.75 Å². The number of piperidine rings is 1. The maximum absolute atomic E-state index is 11.4. The molecule has 0 spiro atoms. The van der Waals surface area contributed by atoms with Crippen molar-refractivity contribution in [2.45, 2.75) is 31.5 Å². The highest BCUT2D eigenvalue weighted by atomic mass is 32.1. The minimum Gasteiger partial charge on any atom is -0.496 e. The topological polar surface area (TPSA) is 65.0 Å². The fraction of sp³-hybridized carbons (Fsp3) is 0.462. The fourth-order valence-corrected chi connectivity index (χ4v) is 5.80. The van der Waals surface area contributed by atoms with Gasteiger partial charge in [-0.2, -0.15) is 0 Å². The molecule has 2 aromatic heterocycles. The molecule has 0 atom stereocenters. The Balaban J connectivity index is 1.13. The van der Waals surface area contributed by atoms with Crippen molar-refractivity contribution in [3.8, 4) is 5.75 Å². The Kier molecular flexibility index (Phi) is 7.10. The van der Waals surface area contributed by atoms with Crippen molar-refractivity contribution in [2.75, 3.05) is 51.3 Å². The van der Waals surface area contributed by atoms with E-state index in [1.54, 1.807) is 18.4 Å². The van der Waals surface area contributed by atoms with E-state index in [4.69, 9.17) is 9.72 Å². The van der Waals surface area contributed by atoms with Crippen LogP contribution in [0.15, 0.2) is 54.0 Å². The molecule has 5 rings (SSSR count). The summed E-state index contributed by atoms with van der Waals surface area (Å²) in [5, 5.41) is 14.5. The normalized spacial score (nSPS) is 19.3. The number of piperazine rings is 1. The molecule has 1 N–H and O–H groups in total. The predicted molar refractivity (Wildman–Crippen MR) is 135 cm³/mol. The minimum atomic E-state index is -0.830. The molecule has 4 heterocycles. The molecule has 3 aromatic rings. The third-order valence-electron chi connectivity index (χ3n) is 7.00. The molecule has 7 nitrogen and oxygen atoms in total. The van der Waals surface area contributed by atoms with Gasteiger partial charge in [0.2, 0.25) is 0 Å². The molecule has 180 valence electrons. The summed E-state index contributed by atoms with van der Waals surface area (Å²) in [7, 11) is 1.72. The van der Waals surface area contributed by atoms with Crippen LogP contribution in [0.3, 0.4) is 0 Å². The average molecular weight is 480 g/mol. The summed E-state index contributed by atoms with van der Waals surface area (Å²) < 4.78 is 5.50. The van der Waals surface area contributed by atoms with Crippen LogP contribution in [-0.2, 0) is 18.7 Å². The molecule has 8 heteroatoms. The van der Waals surface area contributed by atoms with E-state index in [0.717, 1.165) is 74.6 Å². The Labute approximate surface area is 205 Å². The summed E-state index contributed by atoms with van der Waals surface area (Å²) >= 11 is 1.67. The second-order valence-electron chi connectivity index (χ2n) is 9.20. The van der Waals surface area contributed by atoms with Crippen molar-refractivity contribution in [1.82, 2.24) is 19.8 Å². The summed E-state index contributed by atoms with van der Waals surface area (Å²) in [4.78, 5) is 16.5. The number of nitrogens with zero attached hydrogens (tertiary/aromatic N) is 5. The smallest absolute Gasteiger partial charge is 0.128 e. The highest BCUT2D eigenvalue weighted by Crippen LogP contribution is 2.34. The van der Waals surface area contributed by atoms with Crippen molar-refractivity contribution in [2.24, 2.45) is 0 Å². The Morgan fingerprint density at radius 3 is 2.41 bits per heavy atom. The first-order valence-electron chi connectivity index (χ1n) is 12.0. The van der Waals surface area contributed by atoms with Crippen molar-refractivity contribution in [1.29, 1.82) is 0 Å². The highest BCUT2D eigenvalue weighted by molar-refractivity contribution is 7.09. The number of anilines is 1. The predicted octanol–water partition coefficient (Wildman–Crippen LogP) is 3.35. The SMILES string of the molecule is COc1ccccc1CN1CCC(O)(c2csc(CN3CCN(c4ccccn4)CC3)n2)CC1. The summed E-state index contributed by atoms with van der Waals surface area (Å²) in [6, 6.07) is 14.2. The first-order chi connectivity index (χ1) is 16.6. The first kappa shape index (κ1) is 23.2. The lowest BCUT2D eigenvalue weighted by molar-refractivity contribution is -0.0308. The largest absolute Gasteiger partial charge is 0.496 e. The monoisotopic (exact) mass is 479 g/mol. The number of pyridine rings is 1. The standard InChI is InChI=1S/C26H33N5O2S/c1-33-22-7-3-2-6-21(22)18-29-12-9-26(32,10-13-29)23-20-34-25(28-23)19-30-14-16-31(17-15-30)24-8-4-5-11-27-24/h2-8,11,20,32H,9-10,12-19H2,1H3. The molecule has 0 saturated carbocycles.